The first-order valence-corrected chi connectivity index (χ1v) is 8.65. The molecule has 0 aromatic rings. The smallest absolute Gasteiger partial charge is 0.305 e. The third-order valence-electron chi connectivity index (χ3n) is 3.67. The first-order chi connectivity index (χ1) is 10.2. The number of carbonyl (C=O) groups excluding carboxylic acids is 1. The van der Waals surface area contributed by atoms with Gasteiger partial charge in [0, 0.05) is 6.42 Å². The van der Waals surface area contributed by atoms with Crippen LogP contribution in [0.5, 0.6) is 0 Å². The Balaban J connectivity index is 3.20. The average molecular weight is 298 g/mol. The van der Waals surface area contributed by atoms with E-state index in [4.69, 9.17) is 4.74 Å². The molecule has 21 heavy (non-hydrogen) atoms. The molecule has 0 amide bonds. The molecule has 0 aliphatic heterocycles. The minimum atomic E-state index is -0.126. The zero-order chi connectivity index (χ0) is 15.8. The SMILES string of the molecule is C=CCCCCC(O)CCCCCCCCC(=O)OCC. The van der Waals surface area contributed by atoms with Crippen LogP contribution in [0.15, 0.2) is 12.7 Å². The maximum absolute atomic E-state index is 11.1. The Kier molecular flexibility index (Phi) is 14.9. The molecule has 1 N–H and O–H groups in total. The highest BCUT2D eigenvalue weighted by atomic mass is 16.5. The zero-order valence-electron chi connectivity index (χ0n) is 13.8. The fourth-order valence-corrected chi connectivity index (χ4v) is 2.40. The first-order valence-electron chi connectivity index (χ1n) is 8.65. The fraction of sp³-hybridized carbons (Fsp3) is 0.833. The molecule has 0 aliphatic carbocycles. The van der Waals surface area contributed by atoms with Gasteiger partial charge in [-0.15, -0.1) is 6.58 Å². The van der Waals surface area contributed by atoms with Crippen molar-refractivity contribution < 1.29 is 14.6 Å². The Morgan fingerprint density at radius 2 is 1.62 bits per heavy atom. The molecule has 1 atom stereocenters. The van der Waals surface area contributed by atoms with Crippen molar-refractivity contribution in [3.05, 3.63) is 12.7 Å². The number of carbonyl (C=O) groups is 1. The van der Waals surface area contributed by atoms with Gasteiger partial charge in [-0.05, 0) is 39.0 Å². The molecular weight excluding hydrogens is 264 g/mol. The molecule has 0 aromatic heterocycles. The van der Waals surface area contributed by atoms with E-state index in [0.717, 1.165) is 51.4 Å². The van der Waals surface area contributed by atoms with Gasteiger partial charge in [-0.1, -0.05) is 44.6 Å². The molecule has 0 radical (unpaired) electrons. The van der Waals surface area contributed by atoms with Gasteiger partial charge in [-0.3, -0.25) is 4.79 Å². The zero-order valence-corrected chi connectivity index (χ0v) is 13.8. The van der Waals surface area contributed by atoms with Crippen molar-refractivity contribution in [3.63, 3.8) is 0 Å². The normalized spacial score (nSPS) is 12.1. The number of hydrogen-bond acceptors (Lipinski definition) is 3. The number of unbranched alkanes of at least 4 members (excludes halogenated alkanes) is 7. The van der Waals surface area contributed by atoms with Crippen molar-refractivity contribution in [2.45, 2.75) is 90.1 Å². The van der Waals surface area contributed by atoms with E-state index in [0.29, 0.717) is 13.0 Å². The maximum atomic E-state index is 11.1. The van der Waals surface area contributed by atoms with Crippen LogP contribution in [-0.4, -0.2) is 23.8 Å². The number of ether oxygens (including phenoxy) is 1. The second-order valence-electron chi connectivity index (χ2n) is 5.69. The van der Waals surface area contributed by atoms with E-state index in [-0.39, 0.29) is 12.1 Å². The van der Waals surface area contributed by atoms with E-state index >= 15 is 0 Å². The number of aliphatic hydroxyl groups excluding tert-OH is 1. The number of rotatable bonds is 15. The summed E-state index contributed by atoms with van der Waals surface area (Å²) in [6.07, 6.45) is 14.2. The molecule has 0 fully saturated rings. The lowest BCUT2D eigenvalue weighted by molar-refractivity contribution is -0.143. The van der Waals surface area contributed by atoms with Gasteiger partial charge >= 0.3 is 5.97 Å². The van der Waals surface area contributed by atoms with Crippen LogP contribution in [0.2, 0.25) is 0 Å². The minimum Gasteiger partial charge on any atom is -0.466 e. The quantitative estimate of drug-likeness (QED) is 0.269. The standard InChI is InChI=1S/C18H34O3/c1-3-5-6-11-14-17(19)15-12-9-7-8-10-13-16-18(20)21-4-2/h3,17,19H,1,4-16H2,2H3. The molecule has 3 nitrogen and oxygen atoms in total. The Bertz CT molecular complexity index is 251. The Hall–Kier alpha value is -0.830. The van der Waals surface area contributed by atoms with E-state index in [2.05, 4.69) is 6.58 Å². The lowest BCUT2D eigenvalue weighted by Gasteiger charge is -2.09. The fourth-order valence-electron chi connectivity index (χ4n) is 2.40. The van der Waals surface area contributed by atoms with Gasteiger partial charge in [-0.2, -0.15) is 0 Å². The number of aliphatic hydroxyl groups is 1. The molecule has 0 spiro atoms. The molecule has 0 heterocycles. The van der Waals surface area contributed by atoms with E-state index in [9.17, 15) is 9.90 Å². The van der Waals surface area contributed by atoms with Crippen LogP contribution in [0.4, 0.5) is 0 Å². The van der Waals surface area contributed by atoms with E-state index < -0.39 is 0 Å². The van der Waals surface area contributed by atoms with Crippen LogP contribution >= 0.6 is 0 Å². The second-order valence-corrected chi connectivity index (χ2v) is 5.69. The van der Waals surface area contributed by atoms with Crippen molar-refractivity contribution in [1.82, 2.24) is 0 Å². The van der Waals surface area contributed by atoms with E-state index in [1.165, 1.54) is 19.3 Å². The molecule has 0 saturated carbocycles. The number of hydrogen-bond donors (Lipinski definition) is 1. The van der Waals surface area contributed by atoms with Crippen LogP contribution < -0.4 is 0 Å². The van der Waals surface area contributed by atoms with Crippen molar-refractivity contribution in [3.8, 4) is 0 Å². The van der Waals surface area contributed by atoms with Crippen molar-refractivity contribution in [2.75, 3.05) is 6.61 Å². The summed E-state index contributed by atoms with van der Waals surface area (Å²) in [5, 5.41) is 9.82. The maximum Gasteiger partial charge on any atom is 0.305 e. The van der Waals surface area contributed by atoms with Crippen LogP contribution in [0.25, 0.3) is 0 Å². The van der Waals surface area contributed by atoms with E-state index in [1.807, 2.05) is 13.0 Å². The Morgan fingerprint density at radius 1 is 1.05 bits per heavy atom. The highest BCUT2D eigenvalue weighted by Crippen LogP contribution is 2.13. The minimum absolute atomic E-state index is 0.0722. The van der Waals surface area contributed by atoms with Gasteiger partial charge in [0.2, 0.25) is 0 Å². The average Bonchev–Trinajstić information content (AvgIpc) is 2.46. The monoisotopic (exact) mass is 298 g/mol. The third kappa shape index (κ3) is 15.4. The van der Waals surface area contributed by atoms with Crippen LogP contribution in [0.1, 0.15) is 84.0 Å². The molecular formula is C18H34O3. The van der Waals surface area contributed by atoms with Gasteiger partial charge in [0.1, 0.15) is 0 Å². The van der Waals surface area contributed by atoms with E-state index in [1.54, 1.807) is 0 Å². The summed E-state index contributed by atoms with van der Waals surface area (Å²) < 4.78 is 4.89. The van der Waals surface area contributed by atoms with Gasteiger partial charge in [-0.25, -0.2) is 0 Å². The second kappa shape index (κ2) is 15.6. The van der Waals surface area contributed by atoms with Crippen LogP contribution in [0.3, 0.4) is 0 Å². The Labute approximate surface area is 130 Å². The summed E-state index contributed by atoms with van der Waals surface area (Å²) in [6, 6.07) is 0. The van der Waals surface area contributed by atoms with Gasteiger partial charge in [0.05, 0.1) is 12.7 Å². The topological polar surface area (TPSA) is 46.5 Å². The van der Waals surface area contributed by atoms with Crippen LogP contribution in [0, 0.1) is 0 Å². The van der Waals surface area contributed by atoms with Gasteiger partial charge in [0.25, 0.3) is 0 Å². The predicted octanol–water partition coefficient (Wildman–Crippen LogP) is 4.78. The molecule has 0 bridgehead atoms. The summed E-state index contributed by atoms with van der Waals surface area (Å²) >= 11 is 0. The lowest BCUT2D eigenvalue weighted by atomic mass is 10.0. The predicted molar refractivity (Wildman–Crippen MR) is 88.2 cm³/mol. The van der Waals surface area contributed by atoms with Crippen molar-refractivity contribution in [1.29, 1.82) is 0 Å². The number of esters is 1. The summed E-state index contributed by atoms with van der Waals surface area (Å²) in [7, 11) is 0. The van der Waals surface area contributed by atoms with Gasteiger partial charge < -0.3 is 9.84 Å². The molecule has 0 aliphatic rings. The van der Waals surface area contributed by atoms with Gasteiger partial charge in [0.15, 0.2) is 0 Å². The summed E-state index contributed by atoms with van der Waals surface area (Å²) in [5.74, 6) is -0.0722. The highest BCUT2D eigenvalue weighted by Gasteiger charge is 2.04. The molecule has 0 rings (SSSR count). The molecule has 0 saturated heterocycles. The largest absolute Gasteiger partial charge is 0.466 e. The van der Waals surface area contributed by atoms with Crippen molar-refractivity contribution >= 4 is 5.97 Å². The third-order valence-corrected chi connectivity index (χ3v) is 3.67. The summed E-state index contributed by atoms with van der Waals surface area (Å²) in [6.45, 7) is 6.02. The van der Waals surface area contributed by atoms with Crippen LogP contribution in [-0.2, 0) is 9.53 Å². The molecule has 1 unspecified atom stereocenters. The summed E-state index contributed by atoms with van der Waals surface area (Å²) in [5.41, 5.74) is 0. The molecule has 124 valence electrons. The first kappa shape index (κ1) is 20.2. The summed E-state index contributed by atoms with van der Waals surface area (Å²) in [4.78, 5) is 11.1. The number of allylic oxidation sites excluding steroid dienone is 1. The van der Waals surface area contributed by atoms with Crippen molar-refractivity contribution in [2.24, 2.45) is 0 Å². The highest BCUT2D eigenvalue weighted by molar-refractivity contribution is 5.69. The molecule has 0 aromatic carbocycles. The Morgan fingerprint density at radius 3 is 2.24 bits per heavy atom. The molecule has 3 heteroatoms. The lowest BCUT2D eigenvalue weighted by Crippen LogP contribution is -2.05.